The summed E-state index contributed by atoms with van der Waals surface area (Å²) in [6, 6.07) is 4.39. The number of hydrogen-bond donors (Lipinski definition) is 0. The van der Waals surface area contributed by atoms with Gasteiger partial charge < -0.3 is 4.74 Å². The average Bonchev–Trinajstić information content (AvgIpc) is 2.37. The highest BCUT2D eigenvalue weighted by atomic mass is 16.5. The highest BCUT2D eigenvalue weighted by Gasteiger charge is 2.23. The maximum Gasteiger partial charge on any atom is 0.123 e. The molecular formula is C19H32O. The van der Waals surface area contributed by atoms with Crippen LogP contribution in [0, 0.1) is 6.92 Å². The second-order valence-corrected chi connectivity index (χ2v) is 6.79. The third-order valence-electron chi connectivity index (χ3n) is 3.79. The van der Waals surface area contributed by atoms with Crippen LogP contribution in [0.1, 0.15) is 77.0 Å². The lowest BCUT2D eigenvalue weighted by atomic mass is 9.80. The largest absolute Gasteiger partial charge is 0.493 e. The Balaban J connectivity index is 3.16. The van der Waals surface area contributed by atoms with Gasteiger partial charge in [0.15, 0.2) is 0 Å². The average molecular weight is 276 g/mol. The lowest BCUT2D eigenvalue weighted by Crippen LogP contribution is -2.18. The first-order valence-corrected chi connectivity index (χ1v) is 8.17. The minimum absolute atomic E-state index is 0.136. The van der Waals surface area contributed by atoms with Gasteiger partial charge in [0.25, 0.3) is 0 Å². The number of hydrogen-bond acceptors (Lipinski definition) is 1. The standard InChI is InChI=1S/C19H32O/c1-7-9-11-16-15(3)12-13-17(20-14-10-8-2)18(16)19(4,5)6/h12-13H,7-11,14H2,1-6H3. The lowest BCUT2D eigenvalue weighted by molar-refractivity contribution is 0.300. The molecule has 0 bridgehead atoms. The van der Waals surface area contributed by atoms with Crippen LogP contribution >= 0.6 is 0 Å². The molecule has 0 radical (unpaired) electrons. The zero-order valence-electron chi connectivity index (χ0n) is 14.3. The Morgan fingerprint density at radius 1 is 1.00 bits per heavy atom. The van der Waals surface area contributed by atoms with Crippen molar-refractivity contribution in [3.8, 4) is 5.75 Å². The number of aryl methyl sites for hydroxylation is 1. The normalized spacial score (nSPS) is 11.7. The van der Waals surface area contributed by atoms with E-state index < -0.39 is 0 Å². The molecule has 0 aliphatic heterocycles. The van der Waals surface area contributed by atoms with Crippen LogP contribution in [0.5, 0.6) is 5.75 Å². The molecule has 1 heteroatoms. The number of unbranched alkanes of at least 4 members (excludes halogenated alkanes) is 2. The monoisotopic (exact) mass is 276 g/mol. The van der Waals surface area contributed by atoms with Crippen LogP contribution in [0.25, 0.3) is 0 Å². The SMILES string of the molecule is CCCCOc1ccc(C)c(CCCC)c1C(C)(C)C. The van der Waals surface area contributed by atoms with Gasteiger partial charge in [0.1, 0.15) is 5.75 Å². The summed E-state index contributed by atoms with van der Waals surface area (Å²) >= 11 is 0. The molecular weight excluding hydrogens is 244 g/mol. The van der Waals surface area contributed by atoms with Crippen LogP contribution in [0.2, 0.25) is 0 Å². The van der Waals surface area contributed by atoms with Crippen molar-refractivity contribution in [3.05, 3.63) is 28.8 Å². The Kier molecular flexibility index (Phi) is 6.58. The van der Waals surface area contributed by atoms with E-state index in [9.17, 15) is 0 Å². The molecule has 0 N–H and O–H groups in total. The zero-order chi connectivity index (χ0) is 15.2. The third kappa shape index (κ3) is 4.54. The highest BCUT2D eigenvalue weighted by molar-refractivity contribution is 5.48. The second-order valence-electron chi connectivity index (χ2n) is 6.79. The van der Waals surface area contributed by atoms with Gasteiger partial charge in [-0.2, -0.15) is 0 Å². The van der Waals surface area contributed by atoms with Gasteiger partial charge in [0, 0.05) is 5.56 Å². The fourth-order valence-electron chi connectivity index (χ4n) is 2.68. The topological polar surface area (TPSA) is 9.23 Å². The molecule has 114 valence electrons. The van der Waals surface area contributed by atoms with Gasteiger partial charge in [-0.3, -0.25) is 0 Å². The quantitative estimate of drug-likeness (QED) is 0.571. The van der Waals surface area contributed by atoms with Crippen LogP contribution in [0.3, 0.4) is 0 Å². The minimum Gasteiger partial charge on any atom is -0.493 e. The molecule has 0 atom stereocenters. The summed E-state index contributed by atoms with van der Waals surface area (Å²) in [7, 11) is 0. The Labute approximate surface area is 125 Å². The fraction of sp³-hybridized carbons (Fsp3) is 0.684. The van der Waals surface area contributed by atoms with Gasteiger partial charge in [-0.15, -0.1) is 0 Å². The third-order valence-corrected chi connectivity index (χ3v) is 3.79. The van der Waals surface area contributed by atoms with Gasteiger partial charge in [-0.25, -0.2) is 0 Å². The molecule has 0 fully saturated rings. The summed E-state index contributed by atoms with van der Waals surface area (Å²) in [4.78, 5) is 0. The van der Waals surface area contributed by atoms with Gasteiger partial charge in [-0.1, -0.05) is 53.5 Å². The summed E-state index contributed by atoms with van der Waals surface area (Å²) in [5, 5.41) is 0. The molecule has 0 aliphatic rings. The van der Waals surface area contributed by atoms with Crippen molar-refractivity contribution in [2.24, 2.45) is 0 Å². The Hall–Kier alpha value is -0.980. The Morgan fingerprint density at radius 3 is 2.20 bits per heavy atom. The van der Waals surface area contributed by atoms with Crippen LogP contribution in [0.15, 0.2) is 12.1 Å². The molecule has 0 spiro atoms. The van der Waals surface area contributed by atoms with Crippen molar-refractivity contribution in [1.29, 1.82) is 0 Å². The molecule has 0 unspecified atom stereocenters. The molecule has 0 aliphatic carbocycles. The van der Waals surface area contributed by atoms with Crippen LogP contribution in [-0.2, 0) is 11.8 Å². The predicted molar refractivity (Wildman–Crippen MR) is 88.9 cm³/mol. The van der Waals surface area contributed by atoms with E-state index in [0.717, 1.165) is 18.8 Å². The van der Waals surface area contributed by atoms with Gasteiger partial charge in [-0.05, 0) is 48.8 Å². The lowest BCUT2D eigenvalue weighted by Gasteiger charge is -2.27. The summed E-state index contributed by atoms with van der Waals surface area (Å²) in [5.74, 6) is 1.10. The van der Waals surface area contributed by atoms with Crippen molar-refractivity contribution in [2.75, 3.05) is 6.61 Å². The Bertz CT molecular complexity index is 413. The molecule has 0 heterocycles. The van der Waals surface area contributed by atoms with Crippen LogP contribution in [-0.4, -0.2) is 6.61 Å². The molecule has 20 heavy (non-hydrogen) atoms. The fourth-order valence-corrected chi connectivity index (χ4v) is 2.68. The van der Waals surface area contributed by atoms with E-state index in [1.165, 1.54) is 42.4 Å². The molecule has 0 amide bonds. The molecule has 0 aromatic heterocycles. The van der Waals surface area contributed by atoms with Gasteiger partial charge >= 0.3 is 0 Å². The number of ether oxygens (including phenoxy) is 1. The van der Waals surface area contributed by atoms with E-state index in [2.05, 4.69) is 53.7 Å². The smallest absolute Gasteiger partial charge is 0.123 e. The van der Waals surface area contributed by atoms with E-state index in [0.29, 0.717) is 0 Å². The van der Waals surface area contributed by atoms with E-state index in [1.54, 1.807) is 0 Å². The first-order valence-electron chi connectivity index (χ1n) is 8.17. The summed E-state index contributed by atoms with van der Waals surface area (Å²) in [6.45, 7) is 14.4. The molecule has 0 saturated heterocycles. The van der Waals surface area contributed by atoms with Gasteiger partial charge in [0.05, 0.1) is 6.61 Å². The van der Waals surface area contributed by atoms with Crippen molar-refractivity contribution in [2.45, 2.75) is 79.1 Å². The Morgan fingerprint density at radius 2 is 1.65 bits per heavy atom. The van der Waals surface area contributed by atoms with Crippen molar-refractivity contribution in [3.63, 3.8) is 0 Å². The summed E-state index contributed by atoms with van der Waals surface area (Å²) in [6.07, 6.45) is 5.97. The predicted octanol–water partition coefficient (Wildman–Crippen LogP) is 5.81. The molecule has 1 aromatic rings. The van der Waals surface area contributed by atoms with E-state index in [4.69, 9.17) is 4.74 Å². The van der Waals surface area contributed by atoms with Crippen molar-refractivity contribution >= 4 is 0 Å². The molecule has 0 saturated carbocycles. The highest BCUT2D eigenvalue weighted by Crippen LogP contribution is 2.37. The van der Waals surface area contributed by atoms with Crippen molar-refractivity contribution < 1.29 is 4.74 Å². The second kappa shape index (κ2) is 7.71. The summed E-state index contributed by atoms with van der Waals surface area (Å²) < 4.78 is 6.08. The zero-order valence-corrected chi connectivity index (χ0v) is 14.3. The van der Waals surface area contributed by atoms with E-state index >= 15 is 0 Å². The maximum atomic E-state index is 6.08. The van der Waals surface area contributed by atoms with Crippen LogP contribution in [0.4, 0.5) is 0 Å². The molecule has 1 rings (SSSR count). The van der Waals surface area contributed by atoms with Crippen molar-refractivity contribution in [1.82, 2.24) is 0 Å². The first kappa shape index (κ1) is 17.1. The molecule has 1 nitrogen and oxygen atoms in total. The van der Waals surface area contributed by atoms with Crippen LogP contribution < -0.4 is 4.74 Å². The van der Waals surface area contributed by atoms with E-state index in [-0.39, 0.29) is 5.41 Å². The number of benzene rings is 1. The molecule has 1 aromatic carbocycles. The maximum absolute atomic E-state index is 6.08. The first-order chi connectivity index (χ1) is 9.41. The van der Waals surface area contributed by atoms with Gasteiger partial charge in [0.2, 0.25) is 0 Å². The summed E-state index contributed by atoms with van der Waals surface area (Å²) in [5.41, 5.74) is 4.47. The number of rotatable bonds is 7. The van der Waals surface area contributed by atoms with E-state index in [1.807, 2.05) is 0 Å². The minimum atomic E-state index is 0.136.